The number of carboxylic acids is 1. The number of rotatable bonds is 8. The van der Waals surface area contributed by atoms with Crippen LogP contribution in [0.5, 0.6) is 0 Å². The number of aryl methyl sites for hydroxylation is 1. The number of benzene rings is 2. The molecular weight excluding hydrogens is 565 g/mol. The number of amides is 2. The summed E-state index contributed by atoms with van der Waals surface area (Å²) in [7, 11) is 0. The Hall–Kier alpha value is -2.99. The molecule has 0 saturated carbocycles. The monoisotopic (exact) mass is 587 g/mol. The van der Waals surface area contributed by atoms with Gasteiger partial charge in [0.25, 0.3) is 5.91 Å². The second kappa shape index (κ2) is 12.2. The van der Waals surface area contributed by atoms with Crippen molar-refractivity contribution in [2.24, 2.45) is 5.92 Å². The highest BCUT2D eigenvalue weighted by atomic mass is 35.5. The Labute approximate surface area is 224 Å². The second-order valence-corrected chi connectivity index (χ2v) is 9.51. The molecule has 0 aliphatic carbocycles. The molecule has 0 heterocycles. The molecule has 0 fully saturated rings. The highest BCUT2D eigenvalue weighted by Gasteiger charge is 2.37. The third kappa shape index (κ3) is 8.52. The molecule has 2 aromatic rings. The molecule has 0 radical (unpaired) electrons. The quantitative estimate of drug-likeness (QED) is 0.268. The molecule has 14 heteroatoms. The van der Waals surface area contributed by atoms with E-state index in [2.05, 4.69) is 0 Å². The summed E-state index contributed by atoms with van der Waals surface area (Å²) in [6.07, 6.45) is -11.9. The number of carbonyl (C=O) groups excluding carboxylic acids is 2. The van der Waals surface area contributed by atoms with Crippen molar-refractivity contribution in [1.29, 1.82) is 0 Å². The lowest BCUT2D eigenvalue weighted by atomic mass is 10.0. The van der Waals surface area contributed by atoms with Gasteiger partial charge in [-0.05, 0) is 60.7 Å². The average Bonchev–Trinajstić information content (AvgIpc) is 2.81. The Morgan fingerprint density at radius 3 is 2.03 bits per heavy atom. The number of carbonyl (C=O) groups is 3. The van der Waals surface area contributed by atoms with Crippen molar-refractivity contribution in [2.45, 2.75) is 51.5 Å². The molecule has 0 aliphatic heterocycles. The number of nitrogens with zero attached hydrogens (tertiary/aromatic N) is 1. The van der Waals surface area contributed by atoms with Crippen molar-refractivity contribution in [3.63, 3.8) is 0 Å². The van der Waals surface area contributed by atoms with E-state index in [9.17, 15) is 45.8 Å². The first-order valence-electron chi connectivity index (χ1n) is 11.4. The first-order chi connectivity index (χ1) is 17.8. The standard InChI is InChI=1S/C24H22Cl2F6N2O4/c1-12(2)7-19(22(37)38)34(21(36)17-11-16(25)4-5-18(17)26)33-20(35)6-3-13-8-14(23(27,28)29)10-15(9-13)24(30,31)32/h4-5,8-12,19H,3,6-7H2,1-2H3,(H,33,35)(H,37,38)/t19-/m0/s1/i/hD. The van der Waals surface area contributed by atoms with Gasteiger partial charge in [0, 0.05) is 11.4 Å². The average molecular weight is 588 g/mol. The summed E-state index contributed by atoms with van der Waals surface area (Å²) in [6.45, 7) is 3.24. The van der Waals surface area contributed by atoms with E-state index in [0.29, 0.717) is 17.1 Å². The van der Waals surface area contributed by atoms with Crippen LogP contribution in [0, 0.1) is 5.92 Å². The normalized spacial score (nSPS) is 13.2. The van der Waals surface area contributed by atoms with Crippen molar-refractivity contribution in [2.75, 3.05) is 0 Å². The van der Waals surface area contributed by atoms with Gasteiger partial charge in [0.05, 0.1) is 21.7 Å². The molecule has 0 aromatic heterocycles. The van der Waals surface area contributed by atoms with Crippen molar-refractivity contribution < 1.29 is 47.2 Å². The summed E-state index contributed by atoms with van der Waals surface area (Å²) in [5, 5.41) is 9.95. The fraction of sp³-hybridized carbons (Fsp3) is 0.375. The molecule has 2 N–H and O–H groups in total. The zero-order valence-electron chi connectivity index (χ0n) is 20.8. The van der Waals surface area contributed by atoms with Crippen LogP contribution in [0.1, 0.15) is 53.7 Å². The molecule has 1 atom stereocenters. The summed E-state index contributed by atoms with van der Waals surface area (Å²) in [4.78, 5) is 38.2. The topological polar surface area (TPSA) is 86.7 Å². The van der Waals surface area contributed by atoms with Gasteiger partial charge in [0.15, 0.2) is 7.45 Å². The highest BCUT2D eigenvalue weighted by molar-refractivity contribution is 6.35. The van der Waals surface area contributed by atoms with E-state index in [4.69, 9.17) is 24.6 Å². The molecule has 2 rings (SSSR count). The first-order valence-corrected chi connectivity index (χ1v) is 11.7. The number of alkyl halides is 6. The predicted molar refractivity (Wildman–Crippen MR) is 126 cm³/mol. The lowest BCUT2D eigenvalue weighted by molar-refractivity contribution is -0.146. The molecule has 208 valence electrons. The van der Waals surface area contributed by atoms with Gasteiger partial charge >= 0.3 is 18.3 Å². The molecule has 0 saturated heterocycles. The molecule has 0 unspecified atom stereocenters. The van der Waals surface area contributed by atoms with Crippen molar-refractivity contribution in [1.82, 2.24) is 10.4 Å². The fourth-order valence-corrected chi connectivity index (χ4v) is 3.75. The molecule has 0 aliphatic rings. The minimum atomic E-state index is -5.10. The summed E-state index contributed by atoms with van der Waals surface area (Å²) >= 11 is 12.0. The number of halogens is 8. The van der Waals surface area contributed by atoms with Crippen LogP contribution in [0.25, 0.3) is 0 Å². The molecule has 2 amide bonds. The van der Waals surface area contributed by atoms with E-state index >= 15 is 0 Å². The lowest BCUT2D eigenvalue weighted by Gasteiger charge is -2.30. The Kier molecular flexibility index (Phi) is 9.53. The smallest absolute Gasteiger partial charge is 0.416 e. The van der Waals surface area contributed by atoms with Crippen LogP contribution >= 0.6 is 23.2 Å². The van der Waals surface area contributed by atoms with Gasteiger partial charge in [-0.1, -0.05) is 37.0 Å². The van der Waals surface area contributed by atoms with Crippen LogP contribution in [0.4, 0.5) is 26.3 Å². The Morgan fingerprint density at radius 2 is 1.55 bits per heavy atom. The van der Waals surface area contributed by atoms with Gasteiger partial charge in [0.2, 0.25) is 5.91 Å². The van der Waals surface area contributed by atoms with Gasteiger partial charge in [-0.25, -0.2) is 9.80 Å². The van der Waals surface area contributed by atoms with Gasteiger partial charge < -0.3 is 5.11 Å². The van der Waals surface area contributed by atoms with E-state index in [1.165, 1.54) is 12.1 Å². The van der Waals surface area contributed by atoms with Crippen molar-refractivity contribution in [3.05, 3.63) is 68.7 Å². The maximum Gasteiger partial charge on any atom is 0.416 e. The number of aliphatic carboxylic acids is 1. The van der Waals surface area contributed by atoms with E-state index in [0.717, 1.165) is 6.07 Å². The summed E-state index contributed by atoms with van der Waals surface area (Å²) in [6, 6.07) is 2.71. The van der Waals surface area contributed by atoms with Crippen LogP contribution in [0.15, 0.2) is 36.4 Å². The maximum absolute atomic E-state index is 13.3. The highest BCUT2D eigenvalue weighted by Crippen LogP contribution is 2.36. The van der Waals surface area contributed by atoms with E-state index in [1.807, 2.05) is 0 Å². The van der Waals surface area contributed by atoms with Gasteiger partial charge in [-0.15, -0.1) is 0 Å². The third-order valence-corrected chi connectivity index (χ3v) is 5.70. The summed E-state index contributed by atoms with van der Waals surface area (Å²) in [5.41, 5.74) is -4.09. The lowest BCUT2D eigenvalue weighted by Crippen LogP contribution is -2.55. The molecule has 0 spiro atoms. The largest absolute Gasteiger partial charge is 0.480 e. The SMILES string of the molecule is [2H]N(C(=O)CCc1cc(C(F)(F)F)cc(C(F)(F)F)c1)N(C(=O)c1cc(Cl)ccc1Cl)[C@@H](CC(C)C)C(=O)O. The van der Waals surface area contributed by atoms with Gasteiger partial charge in [0.1, 0.15) is 0 Å². The van der Waals surface area contributed by atoms with Gasteiger partial charge in [-0.3, -0.25) is 15.0 Å². The van der Waals surface area contributed by atoms with Crippen LogP contribution in [-0.2, 0) is 28.4 Å². The Bertz CT molecular complexity index is 1210. The minimum absolute atomic E-state index is 0.0336. The van der Waals surface area contributed by atoms with E-state index in [1.54, 1.807) is 13.8 Å². The number of carboxylic acid groups (broad SMARTS) is 1. The fourth-order valence-electron chi connectivity index (χ4n) is 3.38. The third-order valence-electron chi connectivity index (χ3n) is 5.14. The van der Waals surface area contributed by atoms with Crippen molar-refractivity contribution in [3.8, 4) is 0 Å². The zero-order valence-corrected chi connectivity index (χ0v) is 21.3. The van der Waals surface area contributed by atoms with Crippen LogP contribution in [0.3, 0.4) is 0 Å². The predicted octanol–water partition coefficient (Wildman–Crippen LogP) is 6.64. The number of nitrogens with one attached hydrogen (secondary N) is 1. The first kappa shape index (κ1) is 29.6. The molecule has 2 aromatic carbocycles. The van der Waals surface area contributed by atoms with Crippen LogP contribution in [-0.4, -0.2) is 33.9 Å². The van der Waals surface area contributed by atoms with Crippen LogP contribution < -0.4 is 5.42 Å². The molecule has 6 nitrogen and oxygen atoms in total. The number of hydrogen-bond acceptors (Lipinski definition) is 3. The second-order valence-electron chi connectivity index (χ2n) is 8.67. The summed E-state index contributed by atoms with van der Waals surface area (Å²) < 4.78 is 87.2. The number of hydrazine groups is 1. The Balaban J connectivity index is 2.44. The van der Waals surface area contributed by atoms with E-state index < -0.39 is 65.7 Å². The number of hydrogen-bond donors (Lipinski definition) is 2. The Morgan fingerprint density at radius 1 is 1.00 bits per heavy atom. The molecular formula is C24H22Cl2F6N2O4. The summed E-state index contributed by atoms with van der Waals surface area (Å²) in [5.74, 6) is -4.38. The molecule has 38 heavy (non-hydrogen) atoms. The van der Waals surface area contributed by atoms with E-state index in [-0.39, 0.29) is 39.4 Å². The van der Waals surface area contributed by atoms with Crippen molar-refractivity contribution >= 4 is 41.0 Å². The van der Waals surface area contributed by atoms with Gasteiger partial charge in [-0.2, -0.15) is 26.3 Å². The van der Waals surface area contributed by atoms with Crippen LogP contribution in [0.2, 0.25) is 11.5 Å². The molecule has 0 bridgehead atoms. The zero-order chi connectivity index (χ0) is 29.9. The maximum atomic E-state index is 13.3. The minimum Gasteiger partial charge on any atom is -0.480 e.